The first-order valence-electron chi connectivity index (χ1n) is 6.24. The molecule has 0 amide bonds. The van der Waals surface area contributed by atoms with Crippen LogP contribution in [0.4, 0.5) is 0 Å². The fourth-order valence-corrected chi connectivity index (χ4v) is 2.46. The van der Waals surface area contributed by atoms with Gasteiger partial charge in [-0.05, 0) is 24.1 Å². The third-order valence-corrected chi connectivity index (χ3v) is 4.44. The second-order valence-electron chi connectivity index (χ2n) is 4.39. The highest BCUT2D eigenvalue weighted by Gasteiger charge is 2.18. The van der Waals surface area contributed by atoms with Crippen molar-refractivity contribution in [3.05, 3.63) is 23.8 Å². The van der Waals surface area contributed by atoms with E-state index < -0.39 is 15.0 Å². The molecule has 112 valence electrons. The van der Waals surface area contributed by atoms with Gasteiger partial charge in [0.25, 0.3) is 9.05 Å². The van der Waals surface area contributed by atoms with Gasteiger partial charge in [-0.3, -0.25) is 0 Å². The van der Waals surface area contributed by atoms with Crippen molar-refractivity contribution < 1.29 is 23.1 Å². The van der Waals surface area contributed by atoms with Crippen LogP contribution in [0.3, 0.4) is 0 Å². The Morgan fingerprint density at radius 2 is 1.95 bits per heavy atom. The average Bonchev–Trinajstić information content (AvgIpc) is 2.38. The summed E-state index contributed by atoms with van der Waals surface area (Å²) in [5.41, 5.74) is -0.210. The Labute approximate surface area is 122 Å². The number of benzene rings is 1. The summed E-state index contributed by atoms with van der Waals surface area (Å²) >= 11 is 0. The van der Waals surface area contributed by atoms with Gasteiger partial charge in [-0.1, -0.05) is 26.7 Å². The second kappa shape index (κ2) is 6.95. The van der Waals surface area contributed by atoms with Crippen LogP contribution >= 0.6 is 10.7 Å². The molecule has 20 heavy (non-hydrogen) atoms. The van der Waals surface area contributed by atoms with Crippen molar-refractivity contribution in [2.45, 2.75) is 31.6 Å². The van der Waals surface area contributed by atoms with Crippen molar-refractivity contribution in [2.75, 3.05) is 6.61 Å². The maximum absolute atomic E-state index is 11.2. The highest BCUT2D eigenvalue weighted by molar-refractivity contribution is 8.13. The van der Waals surface area contributed by atoms with Gasteiger partial charge in [0, 0.05) is 10.7 Å². The number of carboxylic acids is 1. The number of halogens is 1. The molecular formula is C13H17ClO5S. The molecule has 0 heterocycles. The summed E-state index contributed by atoms with van der Waals surface area (Å²) in [4.78, 5) is 10.9. The lowest BCUT2D eigenvalue weighted by Gasteiger charge is -2.15. The first-order chi connectivity index (χ1) is 9.29. The van der Waals surface area contributed by atoms with E-state index in [-0.39, 0.29) is 16.2 Å². The maximum atomic E-state index is 11.2. The molecule has 0 saturated heterocycles. The minimum atomic E-state index is -3.96. The van der Waals surface area contributed by atoms with Crippen molar-refractivity contribution >= 4 is 25.7 Å². The van der Waals surface area contributed by atoms with Crippen LogP contribution in [0.15, 0.2) is 23.1 Å². The standard InChI is InChI=1S/C13H17ClO5S/c1-3-9(4-2)8-19-12-6-5-10(20(14,17)18)7-11(12)13(15)16/h5-7,9H,3-4,8H2,1-2H3,(H,15,16). The molecule has 1 aromatic rings. The SMILES string of the molecule is CCC(CC)COc1ccc(S(=O)(=O)Cl)cc1C(=O)O. The summed E-state index contributed by atoms with van der Waals surface area (Å²) in [6.07, 6.45) is 1.85. The highest BCUT2D eigenvalue weighted by atomic mass is 35.7. The molecule has 0 aliphatic rings. The van der Waals surface area contributed by atoms with Gasteiger partial charge in [0.15, 0.2) is 0 Å². The Morgan fingerprint density at radius 1 is 1.35 bits per heavy atom. The van der Waals surface area contributed by atoms with E-state index in [1.165, 1.54) is 12.1 Å². The van der Waals surface area contributed by atoms with Gasteiger partial charge in [-0.25, -0.2) is 13.2 Å². The predicted octanol–water partition coefficient (Wildman–Crippen LogP) is 3.13. The lowest BCUT2D eigenvalue weighted by atomic mass is 10.1. The Morgan fingerprint density at radius 3 is 2.40 bits per heavy atom. The summed E-state index contributed by atoms with van der Waals surface area (Å²) in [5.74, 6) is -0.784. The summed E-state index contributed by atoms with van der Waals surface area (Å²) in [6.45, 7) is 4.44. The molecule has 0 aliphatic heterocycles. The number of rotatable bonds is 7. The van der Waals surface area contributed by atoms with Crippen molar-refractivity contribution in [3.63, 3.8) is 0 Å². The van der Waals surface area contributed by atoms with Gasteiger partial charge in [0.2, 0.25) is 0 Å². The predicted molar refractivity (Wildman–Crippen MR) is 76.0 cm³/mol. The lowest BCUT2D eigenvalue weighted by molar-refractivity contribution is 0.0691. The van der Waals surface area contributed by atoms with Crippen molar-refractivity contribution in [3.8, 4) is 5.75 Å². The smallest absolute Gasteiger partial charge is 0.339 e. The van der Waals surface area contributed by atoms with Crippen LogP contribution in [-0.2, 0) is 9.05 Å². The van der Waals surface area contributed by atoms with E-state index in [2.05, 4.69) is 0 Å². The summed E-state index contributed by atoms with van der Waals surface area (Å²) in [5, 5.41) is 9.12. The number of carboxylic acid groups (broad SMARTS) is 1. The van der Waals surface area contributed by atoms with Crippen LogP contribution in [-0.4, -0.2) is 26.1 Å². The monoisotopic (exact) mass is 320 g/mol. The molecule has 0 aromatic heterocycles. The third-order valence-electron chi connectivity index (χ3n) is 3.09. The van der Waals surface area contributed by atoms with Crippen LogP contribution < -0.4 is 4.74 Å². The van der Waals surface area contributed by atoms with Gasteiger partial charge >= 0.3 is 5.97 Å². The molecule has 0 bridgehead atoms. The van der Waals surface area contributed by atoms with E-state index in [4.69, 9.17) is 20.5 Å². The highest BCUT2D eigenvalue weighted by Crippen LogP contribution is 2.25. The van der Waals surface area contributed by atoms with Crippen LogP contribution in [0, 0.1) is 5.92 Å². The average molecular weight is 321 g/mol. The first-order valence-corrected chi connectivity index (χ1v) is 8.55. The number of hydrogen-bond acceptors (Lipinski definition) is 4. The number of aromatic carboxylic acids is 1. The lowest BCUT2D eigenvalue weighted by Crippen LogP contribution is -2.12. The number of hydrogen-bond donors (Lipinski definition) is 1. The molecule has 0 atom stereocenters. The Kier molecular flexibility index (Phi) is 5.83. The molecule has 5 nitrogen and oxygen atoms in total. The van der Waals surface area contributed by atoms with E-state index in [1.807, 2.05) is 13.8 Å². The van der Waals surface area contributed by atoms with Crippen molar-refractivity contribution in [2.24, 2.45) is 5.92 Å². The van der Waals surface area contributed by atoms with Crippen LogP contribution in [0.25, 0.3) is 0 Å². The normalized spacial score (nSPS) is 11.6. The zero-order valence-electron chi connectivity index (χ0n) is 11.3. The van der Waals surface area contributed by atoms with Crippen molar-refractivity contribution in [1.82, 2.24) is 0 Å². The van der Waals surface area contributed by atoms with Crippen LogP contribution in [0.2, 0.25) is 0 Å². The number of carbonyl (C=O) groups is 1. The summed E-state index contributed by atoms with van der Waals surface area (Å²) in [7, 11) is 1.24. The van der Waals surface area contributed by atoms with Crippen LogP contribution in [0.1, 0.15) is 37.0 Å². The van der Waals surface area contributed by atoms with E-state index in [9.17, 15) is 13.2 Å². The molecule has 0 unspecified atom stereocenters. The maximum Gasteiger partial charge on any atom is 0.339 e. The number of ether oxygens (including phenoxy) is 1. The van der Waals surface area contributed by atoms with E-state index in [0.717, 1.165) is 18.9 Å². The summed E-state index contributed by atoms with van der Waals surface area (Å²) in [6, 6.07) is 3.56. The van der Waals surface area contributed by atoms with Crippen LogP contribution in [0.5, 0.6) is 5.75 Å². The minimum absolute atomic E-state index is 0.147. The Hall–Kier alpha value is -1.27. The molecule has 1 N–H and O–H groups in total. The summed E-state index contributed by atoms with van der Waals surface area (Å²) < 4.78 is 27.9. The molecule has 0 spiro atoms. The molecular weight excluding hydrogens is 304 g/mol. The Balaban J connectivity index is 3.05. The third kappa shape index (κ3) is 4.38. The second-order valence-corrected chi connectivity index (χ2v) is 6.96. The van der Waals surface area contributed by atoms with Gasteiger partial charge in [-0.15, -0.1) is 0 Å². The molecule has 0 aliphatic carbocycles. The van der Waals surface area contributed by atoms with E-state index >= 15 is 0 Å². The molecule has 1 aromatic carbocycles. The first kappa shape index (κ1) is 16.8. The Bertz CT molecular complexity index is 578. The van der Waals surface area contributed by atoms with Gasteiger partial charge in [-0.2, -0.15) is 0 Å². The van der Waals surface area contributed by atoms with Gasteiger partial charge < -0.3 is 9.84 Å². The van der Waals surface area contributed by atoms with Crippen molar-refractivity contribution in [1.29, 1.82) is 0 Å². The van der Waals surface area contributed by atoms with Gasteiger partial charge in [0.05, 0.1) is 11.5 Å². The van der Waals surface area contributed by atoms with Gasteiger partial charge in [0.1, 0.15) is 11.3 Å². The molecule has 0 saturated carbocycles. The molecule has 0 radical (unpaired) electrons. The molecule has 7 heteroatoms. The topological polar surface area (TPSA) is 80.7 Å². The van der Waals surface area contributed by atoms with E-state index in [0.29, 0.717) is 12.5 Å². The molecule has 1 rings (SSSR count). The fraction of sp³-hybridized carbons (Fsp3) is 0.462. The quantitative estimate of drug-likeness (QED) is 0.781. The largest absolute Gasteiger partial charge is 0.492 e. The van der Waals surface area contributed by atoms with E-state index in [1.54, 1.807) is 0 Å². The minimum Gasteiger partial charge on any atom is -0.492 e. The zero-order chi connectivity index (χ0) is 15.3. The molecule has 0 fully saturated rings. The zero-order valence-corrected chi connectivity index (χ0v) is 12.9. The fourth-order valence-electron chi connectivity index (χ4n) is 1.69.